The van der Waals surface area contributed by atoms with Crippen LogP contribution in [0.15, 0.2) is 96.2 Å². The van der Waals surface area contributed by atoms with Gasteiger partial charge in [0.1, 0.15) is 0 Å². The van der Waals surface area contributed by atoms with E-state index >= 15 is 0 Å². The van der Waals surface area contributed by atoms with E-state index in [2.05, 4.69) is 15.0 Å². The number of nitrogens with one attached hydrogen (secondary N) is 2. The Kier molecular flexibility index (Phi) is 4.14. The summed E-state index contributed by atoms with van der Waals surface area (Å²) in [4.78, 5) is 33.7. The Hall–Kier alpha value is -4.58. The third-order valence-corrected chi connectivity index (χ3v) is 5.52. The largest absolute Gasteiger partial charge is 0.361 e. The minimum absolute atomic E-state index is 0.169. The fourth-order valence-corrected chi connectivity index (χ4v) is 3.95. The van der Waals surface area contributed by atoms with Gasteiger partial charge in [0, 0.05) is 35.1 Å². The molecule has 0 unspecified atom stereocenters. The van der Waals surface area contributed by atoms with Crippen LogP contribution in [0.2, 0.25) is 0 Å². The smallest absolute Gasteiger partial charge is 0.218 e. The van der Waals surface area contributed by atoms with Crippen molar-refractivity contribution >= 4 is 22.1 Å². The van der Waals surface area contributed by atoms with Crippen molar-refractivity contribution in [2.75, 3.05) is 0 Å². The molecule has 152 valence electrons. The van der Waals surface area contributed by atoms with Gasteiger partial charge in [-0.05, 0) is 30.3 Å². The van der Waals surface area contributed by atoms with Gasteiger partial charge >= 0.3 is 0 Å². The first-order chi connectivity index (χ1) is 15.8. The second-order valence-corrected chi connectivity index (χ2v) is 7.51. The first kappa shape index (κ1) is 18.2. The van der Waals surface area contributed by atoms with Crippen LogP contribution < -0.4 is 5.43 Å². The van der Waals surface area contributed by atoms with Crippen molar-refractivity contribution in [2.24, 2.45) is 0 Å². The summed E-state index contributed by atoms with van der Waals surface area (Å²) >= 11 is 0. The molecule has 0 aliphatic heterocycles. The van der Waals surface area contributed by atoms with E-state index in [9.17, 15) is 4.79 Å². The van der Waals surface area contributed by atoms with Gasteiger partial charge in [0.05, 0.1) is 28.2 Å². The second kappa shape index (κ2) is 7.28. The van der Waals surface area contributed by atoms with Crippen LogP contribution >= 0.6 is 0 Å². The molecular formula is C26H17N5O. The Morgan fingerprint density at radius 2 is 1.62 bits per heavy atom. The molecule has 0 aliphatic carbocycles. The highest BCUT2D eigenvalue weighted by Crippen LogP contribution is 2.31. The summed E-state index contributed by atoms with van der Waals surface area (Å²) < 4.78 is 0. The van der Waals surface area contributed by atoms with Crippen LogP contribution in [-0.2, 0) is 0 Å². The highest BCUT2D eigenvalue weighted by atomic mass is 16.1. The van der Waals surface area contributed by atoms with Crippen molar-refractivity contribution in [2.45, 2.75) is 0 Å². The topological polar surface area (TPSA) is 87.3 Å². The molecule has 32 heavy (non-hydrogen) atoms. The molecule has 0 aliphatic rings. The number of hydrogen-bond acceptors (Lipinski definition) is 4. The molecule has 6 rings (SSSR count). The monoisotopic (exact) mass is 415 g/mol. The quantitative estimate of drug-likeness (QED) is 0.416. The van der Waals surface area contributed by atoms with E-state index in [4.69, 9.17) is 9.97 Å². The van der Waals surface area contributed by atoms with Gasteiger partial charge in [0.2, 0.25) is 5.43 Å². The third-order valence-electron chi connectivity index (χ3n) is 5.52. The zero-order chi connectivity index (χ0) is 21.5. The molecule has 4 aromatic heterocycles. The molecule has 0 spiro atoms. The SMILES string of the molecule is O=c1c(-c2ccc[nH]2)c[nH]c2nc(-c3ccccc3)c(-c3ccc4ncccc4c3)nc12. The number of benzene rings is 2. The minimum Gasteiger partial charge on any atom is -0.361 e. The van der Waals surface area contributed by atoms with E-state index < -0.39 is 0 Å². The molecule has 6 nitrogen and oxygen atoms in total. The summed E-state index contributed by atoms with van der Waals surface area (Å²) in [6, 6.07) is 23.5. The lowest BCUT2D eigenvalue weighted by Crippen LogP contribution is -2.11. The van der Waals surface area contributed by atoms with Gasteiger partial charge in [-0.25, -0.2) is 9.97 Å². The fraction of sp³-hybridized carbons (Fsp3) is 0. The molecule has 0 saturated heterocycles. The number of rotatable bonds is 3. The zero-order valence-electron chi connectivity index (χ0n) is 16.9. The lowest BCUT2D eigenvalue weighted by Gasteiger charge is -2.11. The number of H-pyrrole nitrogens is 2. The number of aromatic nitrogens is 5. The summed E-state index contributed by atoms with van der Waals surface area (Å²) in [5, 5.41) is 1.000. The van der Waals surface area contributed by atoms with E-state index in [0.717, 1.165) is 27.7 Å². The van der Waals surface area contributed by atoms with Crippen LogP contribution in [0.1, 0.15) is 0 Å². The highest BCUT2D eigenvalue weighted by molar-refractivity contribution is 5.90. The van der Waals surface area contributed by atoms with Crippen molar-refractivity contribution in [1.29, 1.82) is 0 Å². The molecule has 0 bridgehead atoms. The van der Waals surface area contributed by atoms with E-state index in [-0.39, 0.29) is 5.43 Å². The number of aromatic amines is 2. The molecule has 6 aromatic rings. The first-order valence-electron chi connectivity index (χ1n) is 10.3. The van der Waals surface area contributed by atoms with E-state index in [1.807, 2.05) is 72.8 Å². The molecule has 2 N–H and O–H groups in total. The lowest BCUT2D eigenvalue weighted by atomic mass is 10.0. The normalized spacial score (nSPS) is 11.2. The van der Waals surface area contributed by atoms with Crippen molar-refractivity contribution in [3.8, 4) is 33.8 Å². The van der Waals surface area contributed by atoms with Crippen LogP contribution in [0, 0.1) is 0 Å². The summed E-state index contributed by atoms with van der Waals surface area (Å²) in [7, 11) is 0. The molecule has 4 heterocycles. The summed E-state index contributed by atoms with van der Waals surface area (Å²) in [6.45, 7) is 0. The van der Waals surface area contributed by atoms with E-state index in [1.165, 1.54) is 0 Å². The fourth-order valence-electron chi connectivity index (χ4n) is 3.95. The average Bonchev–Trinajstić information content (AvgIpc) is 3.39. The number of fused-ring (bicyclic) bond motifs is 2. The van der Waals surface area contributed by atoms with Gasteiger partial charge in [-0.15, -0.1) is 0 Å². The molecule has 0 fully saturated rings. The zero-order valence-corrected chi connectivity index (χ0v) is 16.9. The van der Waals surface area contributed by atoms with Gasteiger partial charge in [-0.2, -0.15) is 0 Å². The van der Waals surface area contributed by atoms with Gasteiger partial charge in [-0.3, -0.25) is 9.78 Å². The summed E-state index contributed by atoms with van der Waals surface area (Å²) in [5.74, 6) is 0. The Labute approximate surface area is 182 Å². The lowest BCUT2D eigenvalue weighted by molar-refractivity contribution is 1.21. The molecular weight excluding hydrogens is 398 g/mol. The van der Waals surface area contributed by atoms with Gasteiger partial charge < -0.3 is 9.97 Å². The number of pyridine rings is 2. The maximum absolute atomic E-state index is 13.3. The van der Waals surface area contributed by atoms with Crippen LogP contribution in [0.5, 0.6) is 0 Å². The van der Waals surface area contributed by atoms with Crippen molar-refractivity contribution in [3.63, 3.8) is 0 Å². The summed E-state index contributed by atoms with van der Waals surface area (Å²) in [5.41, 5.74) is 5.93. The van der Waals surface area contributed by atoms with Gasteiger partial charge in [0.15, 0.2) is 11.2 Å². The van der Waals surface area contributed by atoms with Gasteiger partial charge in [0.25, 0.3) is 0 Å². The Morgan fingerprint density at radius 1 is 0.750 bits per heavy atom. The van der Waals surface area contributed by atoms with Crippen LogP contribution in [-0.4, -0.2) is 24.9 Å². The van der Waals surface area contributed by atoms with Crippen LogP contribution in [0.25, 0.3) is 55.8 Å². The second-order valence-electron chi connectivity index (χ2n) is 7.51. The maximum atomic E-state index is 13.3. The average molecular weight is 415 g/mol. The third kappa shape index (κ3) is 2.97. The predicted octanol–water partition coefficient (Wildman–Crippen LogP) is 5.20. The number of nitrogens with zero attached hydrogens (tertiary/aromatic N) is 3. The Balaban J connectivity index is 1.66. The van der Waals surface area contributed by atoms with Gasteiger partial charge in [-0.1, -0.05) is 42.5 Å². The molecule has 6 heteroatoms. The predicted molar refractivity (Wildman–Crippen MR) is 126 cm³/mol. The number of hydrogen-bond donors (Lipinski definition) is 2. The molecule has 0 saturated carbocycles. The van der Waals surface area contributed by atoms with Crippen LogP contribution in [0.3, 0.4) is 0 Å². The molecule has 0 amide bonds. The van der Waals surface area contributed by atoms with E-state index in [0.29, 0.717) is 28.1 Å². The Morgan fingerprint density at radius 3 is 2.47 bits per heavy atom. The van der Waals surface area contributed by atoms with Crippen molar-refractivity contribution in [1.82, 2.24) is 24.9 Å². The van der Waals surface area contributed by atoms with Crippen molar-refractivity contribution < 1.29 is 0 Å². The van der Waals surface area contributed by atoms with Crippen LogP contribution in [0.4, 0.5) is 0 Å². The summed E-state index contributed by atoms with van der Waals surface area (Å²) in [6.07, 6.45) is 5.24. The molecule has 0 atom stereocenters. The van der Waals surface area contributed by atoms with E-state index in [1.54, 1.807) is 18.6 Å². The molecule has 2 aromatic carbocycles. The Bertz CT molecular complexity index is 1640. The first-order valence-corrected chi connectivity index (χ1v) is 10.3. The van der Waals surface area contributed by atoms with Crippen molar-refractivity contribution in [3.05, 3.63) is 102 Å². The standard InChI is InChI=1S/C26H17N5O/c32-25-19(21-9-5-13-28-21)15-29-26-24(25)30-23(22(31-26)16-6-2-1-3-7-16)18-10-11-20-17(14-18)8-4-12-27-20/h1-15,28H,(H,29,31,32). The molecule has 0 radical (unpaired) electrons. The minimum atomic E-state index is -0.169. The maximum Gasteiger partial charge on any atom is 0.218 e. The highest BCUT2D eigenvalue weighted by Gasteiger charge is 2.17.